The van der Waals surface area contributed by atoms with E-state index in [9.17, 15) is 4.79 Å². The topological polar surface area (TPSA) is 92.5 Å². The Balaban J connectivity index is 2.07. The molecule has 0 spiro atoms. The van der Waals surface area contributed by atoms with Gasteiger partial charge in [-0.3, -0.25) is 4.79 Å². The van der Waals surface area contributed by atoms with Gasteiger partial charge in [0.1, 0.15) is 6.04 Å². The monoisotopic (exact) mass is 283 g/mol. The zero-order valence-electron chi connectivity index (χ0n) is 11.9. The largest absolute Gasteiger partial charge is 0.407 e. The van der Waals surface area contributed by atoms with Crippen molar-refractivity contribution in [1.29, 1.82) is 0 Å². The number of aromatic nitrogens is 2. The molecular weight excluding hydrogens is 262 g/mol. The molecule has 8 nitrogen and oxygen atoms in total. The molecule has 1 saturated heterocycles. The van der Waals surface area contributed by atoms with Crippen LogP contribution in [0.25, 0.3) is 0 Å². The third-order valence-corrected chi connectivity index (χ3v) is 3.01. The van der Waals surface area contributed by atoms with Gasteiger partial charge in [0.25, 0.3) is 0 Å². The fourth-order valence-electron chi connectivity index (χ4n) is 2.00. The van der Waals surface area contributed by atoms with Crippen molar-refractivity contribution >= 4 is 11.9 Å². The lowest BCUT2D eigenvalue weighted by molar-refractivity contribution is -0.124. The lowest BCUT2D eigenvalue weighted by Gasteiger charge is -2.32. The molecular formula is C12H21N5O3. The van der Waals surface area contributed by atoms with Crippen LogP contribution in [-0.2, 0) is 16.1 Å². The van der Waals surface area contributed by atoms with E-state index in [1.165, 1.54) is 0 Å². The third kappa shape index (κ3) is 3.45. The predicted molar refractivity (Wildman–Crippen MR) is 72.3 cm³/mol. The summed E-state index contributed by atoms with van der Waals surface area (Å²) in [7, 11) is 1.81. The van der Waals surface area contributed by atoms with E-state index in [1.807, 2.05) is 6.92 Å². The molecule has 8 heteroatoms. The van der Waals surface area contributed by atoms with Gasteiger partial charge < -0.3 is 24.7 Å². The Hall–Kier alpha value is -1.67. The number of carbonyl (C=O) groups excluding carboxylic acids is 1. The molecule has 1 aromatic rings. The summed E-state index contributed by atoms with van der Waals surface area (Å²) < 4.78 is 10.9. The van der Waals surface area contributed by atoms with Crippen LogP contribution >= 0.6 is 0 Å². The average molecular weight is 283 g/mol. The molecule has 1 aromatic heterocycles. The van der Waals surface area contributed by atoms with E-state index in [4.69, 9.17) is 9.15 Å². The Bertz CT molecular complexity index is 436. The lowest BCUT2D eigenvalue weighted by atomic mass is 10.2. The normalized spacial score (nSPS) is 19.1. The molecule has 1 amide bonds. The molecule has 1 fully saturated rings. The zero-order chi connectivity index (χ0) is 14.4. The Kier molecular flexibility index (Phi) is 5.31. The fourth-order valence-corrected chi connectivity index (χ4v) is 2.00. The highest BCUT2D eigenvalue weighted by molar-refractivity contribution is 5.84. The van der Waals surface area contributed by atoms with Gasteiger partial charge in [0.2, 0.25) is 11.8 Å². The maximum atomic E-state index is 12.1. The van der Waals surface area contributed by atoms with Gasteiger partial charge in [-0.05, 0) is 13.5 Å². The summed E-state index contributed by atoms with van der Waals surface area (Å²) >= 11 is 0. The van der Waals surface area contributed by atoms with Crippen LogP contribution in [0.1, 0.15) is 19.2 Å². The van der Waals surface area contributed by atoms with Crippen molar-refractivity contribution in [1.82, 2.24) is 20.8 Å². The molecule has 2 heterocycles. The predicted octanol–water partition coefficient (Wildman–Crippen LogP) is -0.480. The van der Waals surface area contributed by atoms with E-state index < -0.39 is 6.04 Å². The van der Waals surface area contributed by atoms with Crippen LogP contribution in [0.2, 0.25) is 0 Å². The summed E-state index contributed by atoms with van der Waals surface area (Å²) in [6, 6.07) is -0.0478. The van der Waals surface area contributed by atoms with Crippen LogP contribution in [0.5, 0.6) is 0 Å². The van der Waals surface area contributed by atoms with E-state index in [1.54, 1.807) is 11.9 Å². The maximum absolute atomic E-state index is 12.1. The highest BCUT2D eigenvalue weighted by atomic mass is 16.5. The summed E-state index contributed by atoms with van der Waals surface area (Å²) in [5, 5.41) is 13.8. The first-order valence-electron chi connectivity index (χ1n) is 6.85. The number of morpholine rings is 1. The molecule has 1 atom stereocenters. The second kappa shape index (κ2) is 7.20. The quantitative estimate of drug-likeness (QED) is 0.728. The number of carbonyl (C=O) groups is 1. The van der Waals surface area contributed by atoms with Crippen LogP contribution in [0.15, 0.2) is 4.42 Å². The SMILES string of the molecule is CCCNC(=O)C1COCCN1c1nnc(CNC)o1. The van der Waals surface area contributed by atoms with Crippen LogP contribution in [0.4, 0.5) is 6.01 Å². The van der Waals surface area contributed by atoms with Crippen molar-refractivity contribution < 1.29 is 13.9 Å². The molecule has 0 bridgehead atoms. The Morgan fingerprint density at radius 1 is 1.50 bits per heavy atom. The van der Waals surface area contributed by atoms with E-state index in [-0.39, 0.29) is 5.91 Å². The van der Waals surface area contributed by atoms with Gasteiger partial charge in [0.05, 0.1) is 19.8 Å². The molecule has 0 radical (unpaired) electrons. The van der Waals surface area contributed by atoms with Crippen LogP contribution in [0, 0.1) is 0 Å². The minimum atomic E-state index is -0.418. The summed E-state index contributed by atoms with van der Waals surface area (Å²) in [6.45, 7) is 4.60. The summed E-state index contributed by atoms with van der Waals surface area (Å²) in [6.07, 6.45) is 0.895. The second-order valence-electron chi connectivity index (χ2n) is 4.58. The molecule has 1 aliphatic rings. The molecule has 112 valence electrons. The molecule has 2 N–H and O–H groups in total. The first-order chi connectivity index (χ1) is 9.76. The van der Waals surface area contributed by atoms with Crippen molar-refractivity contribution in [3.05, 3.63) is 5.89 Å². The maximum Gasteiger partial charge on any atom is 0.319 e. The number of anilines is 1. The average Bonchev–Trinajstić information content (AvgIpc) is 2.93. The zero-order valence-corrected chi connectivity index (χ0v) is 11.9. The Morgan fingerprint density at radius 3 is 3.10 bits per heavy atom. The lowest BCUT2D eigenvalue weighted by Crippen LogP contribution is -2.54. The minimum absolute atomic E-state index is 0.0695. The Morgan fingerprint density at radius 2 is 2.35 bits per heavy atom. The van der Waals surface area contributed by atoms with Crippen molar-refractivity contribution in [3.8, 4) is 0 Å². The number of amides is 1. The molecule has 20 heavy (non-hydrogen) atoms. The van der Waals surface area contributed by atoms with Gasteiger partial charge in [-0.15, -0.1) is 5.10 Å². The summed E-state index contributed by atoms with van der Waals surface area (Å²) in [4.78, 5) is 13.9. The summed E-state index contributed by atoms with van der Waals surface area (Å²) in [5.41, 5.74) is 0. The van der Waals surface area contributed by atoms with E-state index in [2.05, 4.69) is 20.8 Å². The summed E-state index contributed by atoms with van der Waals surface area (Å²) in [5.74, 6) is 0.432. The Labute approximate surface area is 117 Å². The fraction of sp³-hybridized carbons (Fsp3) is 0.750. The highest BCUT2D eigenvalue weighted by Gasteiger charge is 2.32. The van der Waals surface area contributed by atoms with Gasteiger partial charge in [0.15, 0.2) is 0 Å². The van der Waals surface area contributed by atoms with Crippen molar-refractivity contribution in [2.45, 2.75) is 25.9 Å². The number of nitrogens with one attached hydrogen (secondary N) is 2. The van der Waals surface area contributed by atoms with Gasteiger partial charge in [-0.2, -0.15) is 0 Å². The van der Waals surface area contributed by atoms with Crippen LogP contribution < -0.4 is 15.5 Å². The van der Waals surface area contributed by atoms with Gasteiger partial charge in [-0.25, -0.2) is 0 Å². The van der Waals surface area contributed by atoms with E-state index >= 15 is 0 Å². The van der Waals surface area contributed by atoms with Crippen molar-refractivity contribution in [2.24, 2.45) is 0 Å². The van der Waals surface area contributed by atoms with Crippen LogP contribution in [0.3, 0.4) is 0 Å². The number of hydrogen-bond acceptors (Lipinski definition) is 7. The first kappa shape index (κ1) is 14.7. The van der Waals surface area contributed by atoms with Crippen LogP contribution in [-0.4, -0.2) is 55.5 Å². The molecule has 1 aliphatic heterocycles. The molecule has 2 rings (SSSR count). The van der Waals surface area contributed by atoms with Crippen molar-refractivity contribution in [3.63, 3.8) is 0 Å². The highest BCUT2D eigenvalue weighted by Crippen LogP contribution is 2.18. The van der Waals surface area contributed by atoms with E-state index in [0.29, 0.717) is 44.8 Å². The minimum Gasteiger partial charge on any atom is -0.407 e. The molecule has 0 aliphatic carbocycles. The smallest absolute Gasteiger partial charge is 0.319 e. The number of ether oxygens (including phenoxy) is 1. The van der Waals surface area contributed by atoms with Gasteiger partial charge >= 0.3 is 6.01 Å². The molecule has 0 saturated carbocycles. The standard InChI is InChI=1S/C12H21N5O3/c1-3-4-14-11(18)9-8-19-6-5-17(9)12-16-15-10(20-12)7-13-2/h9,13H,3-8H2,1-2H3,(H,14,18). The first-order valence-corrected chi connectivity index (χ1v) is 6.85. The van der Waals surface area contributed by atoms with Gasteiger partial charge in [-0.1, -0.05) is 12.0 Å². The number of hydrogen-bond donors (Lipinski definition) is 2. The van der Waals surface area contributed by atoms with Gasteiger partial charge in [0, 0.05) is 13.1 Å². The third-order valence-electron chi connectivity index (χ3n) is 3.01. The molecule has 0 aromatic carbocycles. The number of nitrogens with zero attached hydrogens (tertiary/aromatic N) is 3. The molecule has 1 unspecified atom stereocenters. The number of rotatable bonds is 6. The second-order valence-corrected chi connectivity index (χ2v) is 4.58. The van der Waals surface area contributed by atoms with E-state index in [0.717, 1.165) is 6.42 Å². The van der Waals surface area contributed by atoms with Crippen molar-refractivity contribution in [2.75, 3.05) is 38.3 Å².